The van der Waals surface area contributed by atoms with Gasteiger partial charge in [-0.15, -0.1) is 11.6 Å². The number of hydrogen-bond donors (Lipinski definition) is 1. The summed E-state index contributed by atoms with van der Waals surface area (Å²) < 4.78 is 5.56. The zero-order valence-electron chi connectivity index (χ0n) is 16.1. The lowest BCUT2D eigenvalue weighted by molar-refractivity contribution is -0.174. The highest BCUT2D eigenvalue weighted by molar-refractivity contribution is 6.25. The maximum Gasteiger partial charge on any atom is 0.302 e. The Kier molecular flexibility index (Phi) is 4.28. The molecule has 0 aliphatic heterocycles. The average molecular weight is 383 g/mol. The number of ketones is 1. The van der Waals surface area contributed by atoms with Crippen LogP contribution in [0.3, 0.4) is 0 Å². The fourth-order valence-corrected chi connectivity index (χ4v) is 7.78. The number of alkyl halides is 1. The number of ether oxygens (including phenoxy) is 1. The molecule has 26 heavy (non-hydrogen) atoms. The summed E-state index contributed by atoms with van der Waals surface area (Å²) in [4.78, 5) is 23.4. The summed E-state index contributed by atoms with van der Waals surface area (Å²) in [6, 6.07) is 0. The molecule has 0 radical (unpaired) electrons. The Labute approximate surface area is 161 Å². The molecule has 4 aliphatic rings. The third-order valence-electron chi connectivity index (χ3n) is 8.75. The second-order valence-electron chi connectivity index (χ2n) is 9.80. The third-order valence-corrected chi connectivity index (χ3v) is 9.62. The molecule has 1 N–H and O–H groups in total. The highest BCUT2D eigenvalue weighted by Crippen LogP contribution is 2.68. The van der Waals surface area contributed by atoms with Crippen molar-refractivity contribution in [3.8, 4) is 0 Å². The molecule has 5 heteroatoms. The third kappa shape index (κ3) is 2.37. The summed E-state index contributed by atoms with van der Waals surface area (Å²) >= 11 is 7.14. The summed E-state index contributed by atoms with van der Waals surface area (Å²) in [6.45, 7) is 5.80. The zero-order chi connectivity index (χ0) is 18.9. The van der Waals surface area contributed by atoms with Gasteiger partial charge in [-0.1, -0.05) is 13.8 Å². The van der Waals surface area contributed by atoms with Gasteiger partial charge in [0.25, 0.3) is 0 Å². The van der Waals surface area contributed by atoms with E-state index in [2.05, 4.69) is 13.8 Å². The quantitative estimate of drug-likeness (QED) is 0.552. The molecule has 4 fully saturated rings. The van der Waals surface area contributed by atoms with E-state index in [0.29, 0.717) is 55.6 Å². The van der Waals surface area contributed by atoms with Crippen LogP contribution in [-0.4, -0.2) is 33.9 Å². The summed E-state index contributed by atoms with van der Waals surface area (Å²) in [5.74, 6) is 1.24. The maximum absolute atomic E-state index is 12.5. The lowest BCUT2D eigenvalue weighted by Gasteiger charge is -2.64. The molecule has 0 spiro atoms. The largest absolute Gasteiger partial charge is 0.463 e. The molecule has 146 valence electrons. The molecule has 0 aromatic heterocycles. The molecule has 0 aromatic carbocycles. The van der Waals surface area contributed by atoms with E-state index in [1.165, 1.54) is 6.92 Å². The number of rotatable bonds is 1. The molecule has 8 atom stereocenters. The van der Waals surface area contributed by atoms with Crippen LogP contribution in [0, 0.1) is 28.6 Å². The molecule has 0 amide bonds. The summed E-state index contributed by atoms with van der Waals surface area (Å²) in [5.41, 5.74) is -0.490. The van der Waals surface area contributed by atoms with Crippen LogP contribution in [0.2, 0.25) is 0 Å². The van der Waals surface area contributed by atoms with Gasteiger partial charge in [-0.2, -0.15) is 0 Å². The first-order valence-electron chi connectivity index (χ1n) is 10.2. The van der Waals surface area contributed by atoms with Crippen molar-refractivity contribution >= 4 is 23.4 Å². The smallest absolute Gasteiger partial charge is 0.302 e. The summed E-state index contributed by atoms with van der Waals surface area (Å²) in [5, 5.41) is 11.1. The van der Waals surface area contributed by atoms with E-state index in [-0.39, 0.29) is 22.9 Å². The SMILES string of the molecule is CC(=O)OC1CC[C@]2(Cl)[C@H](O)C[C@H]3[C@@H]4CCC(=O)[C@@]4(C)CC[C@@H]3[C@@]2(C)C1. The van der Waals surface area contributed by atoms with Crippen molar-refractivity contribution in [2.75, 3.05) is 0 Å². The van der Waals surface area contributed by atoms with E-state index in [0.717, 1.165) is 19.3 Å². The van der Waals surface area contributed by atoms with Crippen molar-refractivity contribution in [1.29, 1.82) is 0 Å². The normalized spacial score (nSPS) is 53.4. The molecule has 0 heterocycles. The molecule has 4 saturated carbocycles. The number of esters is 1. The molecule has 4 nitrogen and oxygen atoms in total. The minimum Gasteiger partial charge on any atom is -0.463 e. The van der Waals surface area contributed by atoms with Crippen molar-refractivity contribution in [2.45, 2.75) is 89.2 Å². The molecule has 0 aromatic rings. The van der Waals surface area contributed by atoms with Crippen LogP contribution in [0.1, 0.15) is 72.1 Å². The van der Waals surface area contributed by atoms with Gasteiger partial charge in [-0.05, 0) is 68.1 Å². The second kappa shape index (κ2) is 5.94. The number of aliphatic hydroxyl groups is 1. The van der Waals surface area contributed by atoms with Gasteiger partial charge >= 0.3 is 5.97 Å². The number of carbonyl (C=O) groups is 2. The Morgan fingerprint density at radius 3 is 2.62 bits per heavy atom. The lowest BCUT2D eigenvalue weighted by atomic mass is 9.44. The fraction of sp³-hybridized carbons (Fsp3) is 0.905. The van der Waals surface area contributed by atoms with Gasteiger partial charge in [0.05, 0.1) is 11.0 Å². The maximum atomic E-state index is 12.5. The predicted octanol–water partition coefficient (Wildman–Crippen LogP) is 3.86. The Morgan fingerprint density at radius 1 is 1.19 bits per heavy atom. The first kappa shape index (κ1) is 18.7. The van der Waals surface area contributed by atoms with Crippen LogP contribution in [0.5, 0.6) is 0 Å². The van der Waals surface area contributed by atoms with E-state index in [9.17, 15) is 14.7 Å². The van der Waals surface area contributed by atoms with Crippen LogP contribution in [0.4, 0.5) is 0 Å². The number of aliphatic hydroxyl groups excluding tert-OH is 1. The van der Waals surface area contributed by atoms with Gasteiger partial charge in [0, 0.05) is 18.8 Å². The molecular formula is C21H31ClO4. The van der Waals surface area contributed by atoms with E-state index in [1.54, 1.807) is 0 Å². The first-order valence-corrected chi connectivity index (χ1v) is 10.6. The number of halogens is 1. The topological polar surface area (TPSA) is 63.6 Å². The van der Waals surface area contributed by atoms with Gasteiger partial charge in [-0.3, -0.25) is 9.59 Å². The van der Waals surface area contributed by atoms with Crippen LogP contribution in [0.15, 0.2) is 0 Å². The number of Topliss-reactive ketones (excluding diaryl/α,β-unsaturated/α-hetero) is 1. The van der Waals surface area contributed by atoms with Crippen molar-refractivity contribution in [2.24, 2.45) is 28.6 Å². The van der Waals surface area contributed by atoms with E-state index >= 15 is 0 Å². The second-order valence-corrected chi connectivity index (χ2v) is 10.5. The molecule has 4 aliphatic carbocycles. The number of carbonyl (C=O) groups excluding carboxylic acids is 2. The fourth-order valence-electron chi connectivity index (χ4n) is 7.37. The minimum absolute atomic E-state index is 0.117. The van der Waals surface area contributed by atoms with Crippen LogP contribution < -0.4 is 0 Å². The van der Waals surface area contributed by atoms with Gasteiger partial charge in [-0.25, -0.2) is 0 Å². The molecule has 0 bridgehead atoms. The van der Waals surface area contributed by atoms with Crippen molar-refractivity contribution in [1.82, 2.24) is 0 Å². The monoisotopic (exact) mass is 382 g/mol. The van der Waals surface area contributed by atoms with Gasteiger partial charge in [0.15, 0.2) is 0 Å². The summed E-state index contributed by atoms with van der Waals surface area (Å²) in [7, 11) is 0. The van der Waals surface area contributed by atoms with Crippen LogP contribution in [0.25, 0.3) is 0 Å². The van der Waals surface area contributed by atoms with E-state index in [4.69, 9.17) is 16.3 Å². The highest BCUT2D eigenvalue weighted by Gasteiger charge is 2.67. The molecular weight excluding hydrogens is 352 g/mol. The van der Waals surface area contributed by atoms with Crippen LogP contribution >= 0.6 is 11.6 Å². The minimum atomic E-state index is -0.652. The zero-order valence-corrected chi connectivity index (χ0v) is 16.8. The van der Waals surface area contributed by atoms with Crippen molar-refractivity contribution in [3.63, 3.8) is 0 Å². The first-order chi connectivity index (χ1) is 12.1. The van der Waals surface area contributed by atoms with Crippen molar-refractivity contribution in [3.05, 3.63) is 0 Å². The molecule has 4 rings (SSSR count). The van der Waals surface area contributed by atoms with Crippen LogP contribution in [-0.2, 0) is 14.3 Å². The van der Waals surface area contributed by atoms with Gasteiger partial charge in [0.2, 0.25) is 0 Å². The average Bonchev–Trinajstić information content (AvgIpc) is 2.85. The number of fused-ring (bicyclic) bond motifs is 5. The molecule has 0 saturated heterocycles. The predicted molar refractivity (Wildman–Crippen MR) is 98.8 cm³/mol. The number of hydrogen-bond acceptors (Lipinski definition) is 4. The van der Waals surface area contributed by atoms with Gasteiger partial charge in [0.1, 0.15) is 11.9 Å². The summed E-state index contributed by atoms with van der Waals surface area (Å²) in [6.07, 6.45) is 5.66. The Bertz CT molecular complexity index is 636. The standard InChI is InChI=1S/C21H31ClO4/c1-12(23)26-13-6-9-21(22)18(25)10-14-15-4-5-17(24)19(15,2)8-7-16(14)20(21,3)11-13/h13-16,18,25H,4-11H2,1-3H3/t13?,14-,15-,16-,18+,19-,20+,21-/m0/s1. The van der Waals surface area contributed by atoms with E-state index < -0.39 is 11.0 Å². The van der Waals surface area contributed by atoms with Crippen molar-refractivity contribution < 1.29 is 19.4 Å². The Balaban J connectivity index is 1.68. The Morgan fingerprint density at radius 2 is 1.92 bits per heavy atom. The highest BCUT2D eigenvalue weighted by atomic mass is 35.5. The van der Waals surface area contributed by atoms with Gasteiger partial charge < -0.3 is 9.84 Å². The lowest BCUT2D eigenvalue weighted by Crippen LogP contribution is -2.66. The Hall–Kier alpha value is -0.610. The molecule has 1 unspecified atom stereocenters. The van der Waals surface area contributed by atoms with E-state index in [1.807, 2.05) is 0 Å².